The van der Waals surface area contributed by atoms with E-state index in [1.165, 1.54) is 0 Å². The summed E-state index contributed by atoms with van der Waals surface area (Å²) in [5.74, 6) is -0.552. The van der Waals surface area contributed by atoms with E-state index in [0.29, 0.717) is 26.0 Å². The van der Waals surface area contributed by atoms with Crippen LogP contribution < -0.4 is 5.32 Å². The van der Waals surface area contributed by atoms with Crippen molar-refractivity contribution in [1.82, 2.24) is 10.2 Å². The number of nitrogens with one attached hydrogen (secondary N) is 1. The molecule has 1 amide bonds. The molecule has 0 spiro atoms. The number of piperidine rings is 1. The molecule has 0 saturated carbocycles. The number of amides is 1. The van der Waals surface area contributed by atoms with Crippen LogP contribution in [0.15, 0.2) is 91.0 Å². The number of hydrogen-bond acceptors (Lipinski definition) is 5. The molecule has 1 fully saturated rings. The van der Waals surface area contributed by atoms with Crippen molar-refractivity contribution in [1.29, 1.82) is 0 Å². The van der Waals surface area contributed by atoms with Gasteiger partial charge in [-0.1, -0.05) is 91.0 Å². The van der Waals surface area contributed by atoms with Crippen LogP contribution in [0.4, 0.5) is 0 Å². The number of esters is 1. The maximum atomic E-state index is 13.2. The first-order valence-corrected chi connectivity index (χ1v) is 13.4. The highest BCUT2D eigenvalue weighted by molar-refractivity contribution is 5.78. The monoisotopic (exact) mass is 514 g/mol. The van der Waals surface area contributed by atoms with Crippen molar-refractivity contribution in [2.24, 2.45) is 0 Å². The van der Waals surface area contributed by atoms with Gasteiger partial charge in [-0.05, 0) is 36.0 Å². The molecule has 1 heterocycles. The zero-order chi connectivity index (χ0) is 26.6. The highest BCUT2D eigenvalue weighted by Gasteiger charge is 2.37. The molecule has 1 N–H and O–H groups in total. The van der Waals surface area contributed by atoms with Crippen molar-refractivity contribution in [3.63, 3.8) is 0 Å². The highest BCUT2D eigenvalue weighted by atomic mass is 16.5. The Morgan fingerprint density at radius 2 is 1.45 bits per heavy atom. The lowest BCUT2D eigenvalue weighted by molar-refractivity contribution is -0.147. The van der Waals surface area contributed by atoms with Crippen molar-refractivity contribution in [2.75, 3.05) is 33.4 Å². The fourth-order valence-corrected chi connectivity index (χ4v) is 5.10. The minimum Gasteiger partial charge on any atom is -0.460 e. The van der Waals surface area contributed by atoms with Crippen molar-refractivity contribution < 1.29 is 19.1 Å². The molecule has 200 valence electrons. The van der Waals surface area contributed by atoms with Crippen LogP contribution in [0.5, 0.6) is 0 Å². The van der Waals surface area contributed by atoms with Gasteiger partial charge in [0.25, 0.3) is 0 Å². The average molecular weight is 515 g/mol. The van der Waals surface area contributed by atoms with Crippen molar-refractivity contribution in [2.45, 2.75) is 43.7 Å². The first-order valence-electron chi connectivity index (χ1n) is 13.4. The molecule has 3 aromatic rings. The highest BCUT2D eigenvalue weighted by Crippen LogP contribution is 2.27. The Hall–Kier alpha value is -3.48. The molecule has 4 rings (SSSR count). The minimum absolute atomic E-state index is 0.0472. The van der Waals surface area contributed by atoms with Crippen LogP contribution in [0.1, 0.15) is 41.9 Å². The van der Waals surface area contributed by atoms with Crippen LogP contribution in [-0.2, 0) is 32.1 Å². The summed E-state index contributed by atoms with van der Waals surface area (Å²) in [6.45, 7) is 2.83. The quantitative estimate of drug-likeness (QED) is 0.354. The predicted octanol–water partition coefficient (Wildman–Crippen LogP) is 4.74. The fraction of sp³-hybridized carbons (Fsp3) is 0.375. The van der Waals surface area contributed by atoms with Crippen LogP contribution in [-0.4, -0.2) is 55.7 Å². The van der Waals surface area contributed by atoms with Gasteiger partial charge in [-0.2, -0.15) is 0 Å². The van der Waals surface area contributed by atoms with E-state index in [0.717, 1.165) is 42.6 Å². The van der Waals surface area contributed by atoms with Crippen molar-refractivity contribution in [3.8, 4) is 0 Å². The third kappa shape index (κ3) is 8.01. The average Bonchev–Trinajstić information content (AvgIpc) is 2.96. The number of ether oxygens (including phenoxy) is 2. The molecule has 6 heteroatoms. The summed E-state index contributed by atoms with van der Waals surface area (Å²) in [6.07, 6.45) is 2.69. The predicted molar refractivity (Wildman–Crippen MR) is 149 cm³/mol. The molecule has 38 heavy (non-hydrogen) atoms. The number of carbonyl (C=O) groups is 2. The second-order valence-corrected chi connectivity index (χ2v) is 10.1. The maximum absolute atomic E-state index is 13.2. The molecule has 3 aromatic carbocycles. The van der Waals surface area contributed by atoms with E-state index in [-0.39, 0.29) is 24.4 Å². The Balaban J connectivity index is 1.35. The normalized spacial score (nSPS) is 15.9. The van der Waals surface area contributed by atoms with E-state index < -0.39 is 5.54 Å². The van der Waals surface area contributed by atoms with Crippen LogP contribution >= 0.6 is 0 Å². The topological polar surface area (TPSA) is 67.9 Å². The Bertz CT molecular complexity index is 1130. The van der Waals surface area contributed by atoms with E-state index in [1.807, 2.05) is 91.0 Å². The van der Waals surface area contributed by atoms with Crippen LogP contribution in [0, 0.1) is 0 Å². The van der Waals surface area contributed by atoms with Gasteiger partial charge in [-0.15, -0.1) is 0 Å². The van der Waals surface area contributed by atoms with E-state index in [2.05, 4.69) is 10.2 Å². The smallest absolute Gasteiger partial charge is 0.315 e. The summed E-state index contributed by atoms with van der Waals surface area (Å²) in [5.41, 5.74) is 2.69. The van der Waals surface area contributed by atoms with Crippen LogP contribution in [0.3, 0.4) is 0 Å². The molecule has 0 aliphatic carbocycles. The second kappa shape index (κ2) is 13.9. The molecule has 1 saturated heterocycles. The summed E-state index contributed by atoms with van der Waals surface area (Å²) in [6, 6.07) is 29.7. The van der Waals surface area contributed by atoms with Gasteiger partial charge in [0.1, 0.15) is 6.61 Å². The SMILES string of the molecule is COCC1(NC(=O)CCc2ccccc2)CCN(CC(C(=O)OCc2ccccc2)c2ccccc2)CC1. The Morgan fingerprint density at radius 3 is 2.05 bits per heavy atom. The minimum atomic E-state index is -0.394. The number of likely N-dealkylation sites (tertiary alicyclic amines) is 1. The first kappa shape index (κ1) is 27.6. The maximum Gasteiger partial charge on any atom is 0.315 e. The molecule has 0 radical (unpaired) electrons. The van der Waals surface area contributed by atoms with E-state index >= 15 is 0 Å². The van der Waals surface area contributed by atoms with Crippen LogP contribution in [0.2, 0.25) is 0 Å². The number of methoxy groups -OCH3 is 1. The largest absolute Gasteiger partial charge is 0.460 e. The summed E-state index contributed by atoms with van der Waals surface area (Å²) in [5, 5.41) is 3.29. The van der Waals surface area contributed by atoms with Gasteiger partial charge in [0.05, 0.1) is 18.1 Å². The van der Waals surface area contributed by atoms with Gasteiger partial charge in [-0.25, -0.2) is 0 Å². The summed E-state index contributed by atoms with van der Waals surface area (Å²) >= 11 is 0. The van der Waals surface area contributed by atoms with Gasteiger partial charge >= 0.3 is 5.97 Å². The third-order valence-electron chi connectivity index (χ3n) is 7.27. The molecule has 1 aliphatic rings. The molecule has 1 aliphatic heterocycles. The Morgan fingerprint density at radius 1 is 0.868 bits per heavy atom. The first-order chi connectivity index (χ1) is 18.6. The number of benzene rings is 3. The van der Waals surface area contributed by atoms with E-state index in [9.17, 15) is 9.59 Å². The van der Waals surface area contributed by atoms with Gasteiger partial charge in [0, 0.05) is 33.2 Å². The lowest BCUT2D eigenvalue weighted by Crippen LogP contribution is -2.58. The Labute approximate surface area is 226 Å². The summed E-state index contributed by atoms with van der Waals surface area (Å²) < 4.78 is 11.3. The summed E-state index contributed by atoms with van der Waals surface area (Å²) in [4.78, 5) is 28.4. The Kier molecular flexibility index (Phi) is 10.1. The van der Waals surface area contributed by atoms with E-state index in [1.54, 1.807) is 7.11 Å². The molecular formula is C32H38N2O4. The molecule has 1 unspecified atom stereocenters. The van der Waals surface area contributed by atoms with Gasteiger partial charge in [0.2, 0.25) is 5.91 Å². The lowest BCUT2D eigenvalue weighted by atomic mass is 9.87. The number of aryl methyl sites for hydroxylation is 1. The zero-order valence-corrected chi connectivity index (χ0v) is 22.2. The summed E-state index contributed by atoms with van der Waals surface area (Å²) in [7, 11) is 1.68. The molecule has 0 aromatic heterocycles. The molecule has 0 bridgehead atoms. The van der Waals surface area contributed by atoms with Crippen molar-refractivity contribution in [3.05, 3.63) is 108 Å². The third-order valence-corrected chi connectivity index (χ3v) is 7.27. The molecular weight excluding hydrogens is 476 g/mol. The van der Waals surface area contributed by atoms with Crippen LogP contribution in [0.25, 0.3) is 0 Å². The second-order valence-electron chi connectivity index (χ2n) is 10.1. The van der Waals surface area contributed by atoms with Crippen molar-refractivity contribution >= 4 is 11.9 Å². The number of nitrogens with zero attached hydrogens (tertiary/aromatic N) is 1. The standard InChI is InChI=1S/C32H38N2O4/c1-37-25-32(33-30(35)18-17-26-11-5-2-6-12-26)19-21-34(22-20-32)23-29(28-15-9-4-10-16-28)31(36)38-24-27-13-7-3-8-14-27/h2-16,29H,17-25H2,1H3,(H,33,35). The van der Waals surface area contributed by atoms with Gasteiger partial charge in [0.15, 0.2) is 0 Å². The lowest BCUT2D eigenvalue weighted by Gasteiger charge is -2.42. The van der Waals surface area contributed by atoms with Gasteiger partial charge < -0.3 is 19.7 Å². The molecule has 1 atom stereocenters. The number of hydrogen-bond donors (Lipinski definition) is 1. The fourth-order valence-electron chi connectivity index (χ4n) is 5.10. The van der Waals surface area contributed by atoms with E-state index in [4.69, 9.17) is 9.47 Å². The molecule has 6 nitrogen and oxygen atoms in total. The number of carbonyl (C=O) groups excluding carboxylic acids is 2. The zero-order valence-electron chi connectivity index (χ0n) is 22.2. The number of rotatable bonds is 12. The van der Waals surface area contributed by atoms with Gasteiger partial charge in [-0.3, -0.25) is 9.59 Å².